The molecular weight excluding hydrogens is 184 g/mol. The lowest BCUT2D eigenvalue weighted by Gasteiger charge is -1.94. The van der Waals surface area contributed by atoms with Gasteiger partial charge in [0.25, 0.3) is 5.82 Å². The molecule has 0 aliphatic heterocycles. The fraction of sp³-hybridized carbons (Fsp3) is 0.500. The summed E-state index contributed by atoms with van der Waals surface area (Å²) >= 11 is 0. The van der Waals surface area contributed by atoms with E-state index in [1.165, 1.54) is 17.2 Å². The van der Waals surface area contributed by atoms with E-state index in [2.05, 4.69) is 43.5 Å². The third-order valence-corrected chi connectivity index (χ3v) is 2.62. The second-order valence-corrected chi connectivity index (χ2v) is 3.18. The Morgan fingerprint density at radius 2 is 1.92 bits per heavy atom. The third-order valence-electron chi connectivity index (χ3n) is 2.62. The van der Waals surface area contributed by atoms with E-state index in [0.717, 1.165) is 6.54 Å². The zero-order chi connectivity index (χ0) is 9.30. The summed E-state index contributed by atoms with van der Waals surface area (Å²) in [6, 6.07) is 0. The predicted octanol–water partition coefficient (Wildman–Crippen LogP) is -1.57. The SMILES string of the molecule is C=CCn1c(C)c(C)[n+](C)c1C.[Cl-]. The average Bonchev–Trinajstić information content (AvgIpc) is 2.23. The Bertz CT molecular complexity index is 288. The first-order chi connectivity index (χ1) is 5.59. The van der Waals surface area contributed by atoms with Crippen molar-refractivity contribution < 1.29 is 17.0 Å². The van der Waals surface area contributed by atoms with Crippen molar-refractivity contribution in [1.82, 2.24) is 4.57 Å². The molecule has 0 saturated carbocycles. The molecule has 1 aromatic heterocycles. The van der Waals surface area contributed by atoms with Crippen LogP contribution in [0.4, 0.5) is 0 Å². The van der Waals surface area contributed by atoms with Crippen LogP contribution in [-0.2, 0) is 13.6 Å². The van der Waals surface area contributed by atoms with Crippen LogP contribution in [-0.4, -0.2) is 4.57 Å². The van der Waals surface area contributed by atoms with Crippen LogP contribution >= 0.6 is 0 Å². The van der Waals surface area contributed by atoms with E-state index < -0.39 is 0 Å². The highest BCUT2D eigenvalue weighted by molar-refractivity contribution is 5.07. The Kier molecular flexibility index (Phi) is 4.21. The highest BCUT2D eigenvalue weighted by Crippen LogP contribution is 2.06. The second kappa shape index (κ2) is 4.47. The maximum atomic E-state index is 3.75. The van der Waals surface area contributed by atoms with Crippen LogP contribution in [0.5, 0.6) is 0 Å². The van der Waals surface area contributed by atoms with E-state index in [9.17, 15) is 0 Å². The molecule has 0 saturated heterocycles. The van der Waals surface area contributed by atoms with Gasteiger partial charge in [0.05, 0.1) is 7.05 Å². The van der Waals surface area contributed by atoms with Crippen molar-refractivity contribution in [2.75, 3.05) is 0 Å². The van der Waals surface area contributed by atoms with E-state index in [4.69, 9.17) is 0 Å². The molecule has 0 atom stereocenters. The summed E-state index contributed by atoms with van der Waals surface area (Å²) in [6.45, 7) is 11.1. The monoisotopic (exact) mass is 200 g/mol. The maximum Gasteiger partial charge on any atom is 0.253 e. The van der Waals surface area contributed by atoms with Gasteiger partial charge in [0.15, 0.2) is 0 Å². The van der Waals surface area contributed by atoms with Crippen LogP contribution in [0.2, 0.25) is 0 Å². The van der Waals surface area contributed by atoms with Crippen LogP contribution in [0.1, 0.15) is 17.2 Å². The van der Waals surface area contributed by atoms with Gasteiger partial charge in [0, 0.05) is 20.8 Å². The molecule has 13 heavy (non-hydrogen) atoms. The fourth-order valence-electron chi connectivity index (χ4n) is 1.50. The first-order valence-corrected chi connectivity index (χ1v) is 4.22. The molecule has 1 heterocycles. The normalized spacial score (nSPS) is 9.54. The molecule has 74 valence electrons. The van der Waals surface area contributed by atoms with E-state index in [1.54, 1.807) is 0 Å². The van der Waals surface area contributed by atoms with Crippen LogP contribution in [0, 0.1) is 20.8 Å². The van der Waals surface area contributed by atoms with E-state index in [0.29, 0.717) is 0 Å². The van der Waals surface area contributed by atoms with Gasteiger partial charge in [-0.15, -0.1) is 0 Å². The molecule has 0 N–H and O–H groups in total. The van der Waals surface area contributed by atoms with E-state index >= 15 is 0 Å². The van der Waals surface area contributed by atoms with E-state index in [1.807, 2.05) is 6.08 Å². The molecule has 0 aliphatic carbocycles. The van der Waals surface area contributed by atoms with Crippen LogP contribution in [0.15, 0.2) is 12.7 Å². The van der Waals surface area contributed by atoms with Gasteiger partial charge in [-0.1, -0.05) is 12.7 Å². The summed E-state index contributed by atoms with van der Waals surface area (Å²) in [4.78, 5) is 0. The molecule has 2 nitrogen and oxygen atoms in total. The van der Waals surface area contributed by atoms with Crippen LogP contribution in [0.25, 0.3) is 0 Å². The lowest BCUT2D eigenvalue weighted by Crippen LogP contribution is -3.00. The topological polar surface area (TPSA) is 8.81 Å². The molecule has 0 amide bonds. The summed E-state index contributed by atoms with van der Waals surface area (Å²) in [6.07, 6.45) is 1.93. The number of aromatic nitrogens is 2. The molecule has 0 fully saturated rings. The molecule has 1 aromatic rings. The number of halogens is 1. The number of imidazole rings is 1. The van der Waals surface area contributed by atoms with Gasteiger partial charge >= 0.3 is 0 Å². The summed E-state index contributed by atoms with van der Waals surface area (Å²) < 4.78 is 4.47. The standard InChI is InChI=1S/C10H17N2.ClH/c1-6-7-12-9(3)8(2)11(5)10(12)4;/h6H,1,7H2,2-5H3;1H/q+1;/p-1. The Morgan fingerprint density at radius 3 is 2.23 bits per heavy atom. The summed E-state index contributed by atoms with van der Waals surface area (Å²) in [5, 5.41) is 0. The van der Waals surface area contributed by atoms with Gasteiger partial charge in [0.1, 0.15) is 17.9 Å². The first kappa shape index (κ1) is 12.2. The lowest BCUT2D eigenvalue weighted by atomic mass is 10.4. The number of hydrogen-bond acceptors (Lipinski definition) is 0. The van der Waals surface area contributed by atoms with Gasteiger partial charge in [-0.05, 0) is 0 Å². The molecule has 0 aromatic carbocycles. The molecule has 0 bridgehead atoms. The Morgan fingerprint density at radius 1 is 1.38 bits per heavy atom. The third kappa shape index (κ3) is 1.94. The van der Waals surface area contributed by atoms with Gasteiger partial charge < -0.3 is 12.4 Å². The van der Waals surface area contributed by atoms with Gasteiger partial charge in [-0.2, -0.15) is 0 Å². The molecule has 0 spiro atoms. The molecule has 0 radical (unpaired) electrons. The van der Waals surface area contributed by atoms with Crippen LogP contribution in [0.3, 0.4) is 0 Å². The smallest absolute Gasteiger partial charge is 0.253 e. The van der Waals surface area contributed by atoms with Gasteiger partial charge in [-0.3, -0.25) is 0 Å². The van der Waals surface area contributed by atoms with Crippen LogP contribution < -0.4 is 17.0 Å². The summed E-state index contributed by atoms with van der Waals surface area (Å²) in [5.41, 5.74) is 2.66. The molecule has 0 unspecified atom stereocenters. The van der Waals surface area contributed by atoms with Crippen molar-refractivity contribution in [1.29, 1.82) is 0 Å². The van der Waals surface area contributed by atoms with Crippen molar-refractivity contribution in [3.05, 3.63) is 29.9 Å². The highest BCUT2D eigenvalue weighted by atomic mass is 35.5. The Balaban J connectivity index is 0.00000144. The van der Waals surface area contributed by atoms with Crippen molar-refractivity contribution in [2.24, 2.45) is 7.05 Å². The number of allylic oxidation sites excluding steroid dienone is 1. The van der Waals surface area contributed by atoms with Crippen molar-refractivity contribution >= 4 is 0 Å². The first-order valence-electron chi connectivity index (χ1n) is 4.22. The highest BCUT2D eigenvalue weighted by Gasteiger charge is 2.17. The molecule has 0 aliphatic rings. The molecule has 1 rings (SSSR count). The fourth-order valence-corrected chi connectivity index (χ4v) is 1.50. The number of hydrogen-bond donors (Lipinski definition) is 0. The summed E-state index contributed by atoms with van der Waals surface area (Å²) in [7, 11) is 2.09. The zero-order valence-corrected chi connectivity index (χ0v) is 9.52. The minimum atomic E-state index is 0. The second-order valence-electron chi connectivity index (χ2n) is 3.18. The number of nitrogens with zero attached hydrogens (tertiary/aromatic N) is 2. The van der Waals surface area contributed by atoms with Crippen molar-refractivity contribution in [3.8, 4) is 0 Å². The zero-order valence-electron chi connectivity index (χ0n) is 8.76. The maximum absolute atomic E-state index is 3.75. The lowest BCUT2D eigenvalue weighted by molar-refractivity contribution is -0.683. The quantitative estimate of drug-likeness (QED) is 0.403. The Labute approximate surface area is 86.3 Å². The van der Waals surface area contributed by atoms with E-state index in [-0.39, 0.29) is 12.4 Å². The molecule has 3 heteroatoms. The van der Waals surface area contributed by atoms with Gasteiger partial charge in [0.2, 0.25) is 0 Å². The largest absolute Gasteiger partial charge is 1.00 e. The minimum absolute atomic E-state index is 0. The van der Waals surface area contributed by atoms with Gasteiger partial charge in [-0.25, -0.2) is 9.13 Å². The number of rotatable bonds is 2. The molecular formula is C10H17ClN2. The average molecular weight is 201 g/mol. The minimum Gasteiger partial charge on any atom is -1.00 e. The summed E-state index contributed by atoms with van der Waals surface area (Å²) in [5.74, 6) is 1.28. The Hall–Kier alpha value is -0.760. The van der Waals surface area contributed by atoms with Crippen molar-refractivity contribution in [3.63, 3.8) is 0 Å². The predicted molar refractivity (Wildman–Crippen MR) is 50.0 cm³/mol. The van der Waals surface area contributed by atoms with Crippen molar-refractivity contribution in [2.45, 2.75) is 27.3 Å².